The number of halogens is 4. The van der Waals surface area contributed by atoms with Gasteiger partial charge in [0.15, 0.2) is 0 Å². The summed E-state index contributed by atoms with van der Waals surface area (Å²) in [4.78, 5) is 15.5. The minimum Gasteiger partial charge on any atom is -0.466 e. The first-order chi connectivity index (χ1) is 8.49. The molecule has 0 amide bonds. The Balaban J connectivity index is 3.10. The Morgan fingerprint density at radius 1 is 1.56 bits per heavy atom. The summed E-state index contributed by atoms with van der Waals surface area (Å²) >= 11 is 5.17. The molecule has 0 unspecified atom stereocenters. The maximum atomic E-state index is 12.9. The first kappa shape index (κ1) is 15.7. The smallest absolute Gasteiger partial charge is 0.311 e. The molecule has 7 heteroatoms. The zero-order valence-electron chi connectivity index (χ0n) is 9.55. The fraction of sp³-hybridized carbons (Fsp3) is 0.455. The molecule has 18 heavy (non-hydrogen) atoms. The average molecular weight is 434 g/mol. The molecule has 1 rings (SSSR count). The number of carbonyl (C=O) groups excluding carboxylic acids is 1. The van der Waals surface area contributed by atoms with Gasteiger partial charge in [0, 0.05) is 14.5 Å². The van der Waals surface area contributed by atoms with Crippen molar-refractivity contribution in [1.82, 2.24) is 4.98 Å². The van der Waals surface area contributed by atoms with Crippen LogP contribution in [0.4, 0.5) is 8.78 Å². The van der Waals surface area contributed by atoms with Crippen molar-refractivity contribution in [2.45, 2.75) is 25.1 Å². The van der Waals surface area contributed by atoms with Crippen molar-refractivity contribution in [1.29, 1.82) is 0 Å². The van der Waals surface area contributed by atoms with E-state index < -0.39 is 12.4 Å². The number of hydrogen-bond donors (Lipinski definition) is 0. The molecule has 100 valence electrons. The topological polar surface area (TPSA) is 39.2 Å². The van der Waals surface area contributed by atoms with Gasteiger partial charge in [-0.3, -0.25) is 9.78 Å². The Hall–Kier alpha value is -0.310. The fourth-order valence-corrected chi connectivity index (χ4v) is 2.96. The lowest BCUT2D eigenvalue weighted by Gasteiger charge is -2.11. The summed E-state index contributed by atoms with van der Waals surface area (Å²) < 4.78 is 31.1. The van der Waals surface area contributed by atoms with E-state index in [9.17, 15) is 13.6 Å². The maximum absolute atomic E-state index is 12.9. The minimum absolute atomic E-state index is 0.0818. The van der Waals surface area contributed by atoms with Crippen molar-refractivity contribution in [2.75, 3.05) is 6.61 Å². The Labute approximate surface area is 126 Å². The number of ether oxygens (including phenoxy) is 1. The van der Waals surface area contributed by atoms with Crippen LogP contribution in [-0.4, -0.2) is 17.6 Å². The first-order valence-electron chi connectivity index (χ1n) is 5.17. The molecular weight excluding hydrogens is 423 g/mol. The van der Waals surface area contributed by atoms with E-state index in [1.165, 1.54) is 6.07 Å². The van der Waals surface area contributed by atoms with Gasteiger partial charge in [-0.15, -0.1) is 0 Å². The first-order valence-corrected chi connectivity index (χ1v) is 7.37. The second-order valence-electron chi connectivity index (χ2n) is 3.37. The van der Waals surface area contributed by atoms with Crippen molar-refractivity contribution in [3.63, 3.8) is 0 Å². The van der Waals surface area contributed by atoms with E-state index in [1.54, 1.807) is 6.92 Å². The molecule has 0 bridgehead atoms. The van der Waals surface area contributed by atoms with Gasteiger partial charge >= 0.3 is 5.97 Å². The van der Waals surface area contributed by atoms with Crippen LogP contribution < -0.4 is 0 Å². The molecule has 3 nitrogen and oxygen atoms in total. The lowest BCUT2D eigenvalue weighted by Crippen LogP contribution is -2.12. The van der Waals surface area contributed by atoms with Gasteiger partial charge in [-0.25, -0.2) is 8.78 Å². The van der Waals surface area contributed by atoms with Gasteiger partial charge in [-0.05, 0) is 35.6 Å². The fourth-order valence-electron chi connectivity index (χ4n) is 1.36. The van der Waals surface area contributed by atoms with Gasteiger partial charge in [0.1, 0.15) is 0 Å². The Kier molecular flexibility index (Phi) is 6.40. The van der Waals surface area contributed by atoms with E-state index >= 15 is 0 Å². The Bertz CT molecular complexity index is 443. The van der Waals surface area contributed by atoms with Crippen LogP contribution in [0.3, 0.4) is 0 Å². The van der Waals surface area contributed by atoms with E-state index in [4.69, 9.17) is 4.74 Å². The molecule has 0 atom stereocenters. The normalized spacial score (nSPS) is 10.8. The van der Waals surface area contributed by atoms with Gasteiger partial charge < -0.3 is 4.74 Å². The van der Waals surface area contributed by atoms with Crippen LogP contribution in [0.25, 0.3) is 0 Å². The minimum atomic E-state index is -2.65. The molecule has 0 aliphatic rings. The predicted octanol–water partition coefficient (Wildman–Crippen LogP) is 3.62. The number of carbonyl (C=O) groups is 1. The lowest BCUT2D eigenvalue weighted by molar-refractivity contribution is -0.142. The largest absolute Gasteiger partial charge is 0.466 e. The third-order valence-electron chi connectivity index (χ3n) is 2.14. The van der Waals surface area contributed by atoms with Crippen LogP contribution >= 0.6 is 38.5 Å². The zero-order valence-corrected chi connectivity index (χ0v) is 13.3. The van der Waals surface area contributed by atoms with Crippen LogP contribution in [0, 0.1) is 3.57 Å². The molecule has 0 aliphatic heterocycles. The summed E-state index contributed by atoms with van der Waals surface area (Å²) in [6.45, 7) is 1.88. The molecular formula is C11H11BrF2INO2. The van der Waals surface area contributed by atoms with Crippen molar-refractivity contribution >= 4 is 44.5 Å². The monoisotopic (exact) mass is 433 g/mol. The summed E-state index contributed by atoms with van der Waals surface area (Å²) in [7, 11) is 0. The molecule has 1 aromatic heterocycles. The zero-order chi connectivity index (χ0) is 13.7. The summed E-state index contributed by atoms with van der Waals surface area (Å²) in [6, 6.07) is 1.36. The van der Waals surface area contributed by atoms with Gasteiger partial charge in [-0.1, -0.05) is 15.9 Å². The summed E-state index contributed by atoms with van der Waals surface area (Å²) in [6.07, 6.45) is -2.88. The second kappa shape index (κ2) is 7.32. The van der Waals surface area contributed by atoms with Gasteiger partial charge in [0.2, 0.25) is 0 Å². The van der Waals surface area contributed by atoms with E-state index in [1.807, 2.05) is 22.6 Å². The van der Waals surface area contributed by atoms with Crippen LogP contribution in [0.15, 0.2) is 6.07 Å². The predicted molar refractivity (Wildman–Crippen MR) is 74.9 cm³/mol. The van der Waals surface area contributed by atoms with Crippen molar-refractivity contribution in [3.05, 3.63) is 26.6 Å². The molecule has 0 fully saturated rings. The SMILES string of the molecule is CCOC(=O)Cc1nc(CBr)c(I)cc1C(F)F. The second-order valence-corrected chi connectivity index (χ2v) is 5.09. The van der Waals surface area contributed by atoms with Gasteiger partial charge in [0.05, 0.1) is 24.4 Å². The lowest BCUT2D eigenvalue weighted by atomic mass is 10.1. The molecule has 1 heterocycles. The molecule has 0 saturated heterocycles. The van der Waals surface area contributed by atoms with Crippen LogP contribution in [0.1, 0.15) is 30.3 Å². The molecule has 0 saturated carbocycles. The van der Waals surface area contributed by atoms with Gasteiger partial charge in [0.25, 0.3) is 6.43 Å². The number of rotatable bonds is 5. The van der Waals surface area contributed by atoms with E-state index in [0.717, 1.165) is 0 Å². The Morgan fingerprint density at radius 2 is 2.22 bits per heavy atom. The number of aromatic nitrogens is 1. The third kappa shape index (κ3) is 4.11. The number of pyridine rings is 1. The summed E-state index contributed by atoms with van der Waals surface area (Å²) in [5.41, 5.74) is 0.509. The third-order valence-corrected chi connectivity index (χ3v) is 3.60. The highest BCUT2D eigenvalue weighted by Gasteiger charge is 2.19. The standard InChI is InChI=1S/C11H11BrF2INO2/c1-2-18-10(17)4-8-6(11(13)14)3-7(15)9(5-12)16-8/h3,11H,2,4-5H2,1H3. The highest BCUT2D eigenvalue weighted by molar-refractivity contribution is 14.1. The average Bonchev–Trinajstić information content (AvgIpc) is 2.30. The van der Waals surface area contributed by atoms with Gasteiger partial charge in [-0.2, -0.15) is 0 Å². The number of esters is 1. The number of alkyl halides is 3. The highest BCUT2D eigenvalue weighted by atomic mass is 127. The number of nitrogens with zero attached hydrogens (tertiary/aromatic N) is 1. The quantitative estimate of drug-likeness (QED) is 0.404. The Morgan fingerprint density at radius 3 is 2.72 bits per heavy atom. The molecule has 1 aromatic rings. The summed E-state index contributed by atoms with van der Waals surface area (Å²) in [5.74, 6) is -0.548. The van der Waals surface area contributed by atoms with Crippen LogP contribution in [-0.2, 0) is 21.3 Å². The highest BCUT2D eigenvalue weighted by Crippen LogP contribution is 2.26. The number of hydrogen-bond acceptors (Lipinski definition) is 3. The maximum Gasteiger partial charge on any atom is 0.311 e. The molecule has 0 aromatic carbocycles. The van der Waals surface area contributed by atoms with Crippen molar-refractivity contribution in [3.8, 4) is 0 Å². The summed E-state index contributed by atoms with van der Waals surface area (Å²) in [5, 5.41) is 0.449. The van der Waals surface area contributed by atoms with E-state index in [-0.39, 0.29) is 24.3 Å². The molecule has 0 radical (unpaired) electrons. The molecule has 0 spiro atoms. The van der Waals surface area contributed by atoms with Crippen LogP contribution in [0.2, 0.25) is 0 Å². The van der Waals surface area contributed by atoms with Crippen molar-refractivity contribution < 1.29 is 18.3 Å². The molecule has 0 aliphatic carbocycles. The molecule has 0 N–H and O–H groups in total. The van der Waals surface area contributed by atoms with Crippen LogP contribution in [0.5, 0.6) is 0 Å². The van der Waals surface area contributed by atoms with Crippen molar-refractivity contribution in [2.24, 2.45) is 0 Å². The van der Waals surface area contributed by atoms with E-state index in [2.05, 4.69) is 20.9 Å². The van der Waals surface area contributed by atoms with E-state index in [0.29, 0.717) is 14.6 Å².